The van der Waals surface area contributed by atoms with E-state index in [2.05, 4.69) is 26.6 Å². The van der Waals surface area contributed by atoms with Gasteiger partial charge in [-0.2, -0.15) is 0 Å². The number of rotatable bonds is 7. The van der Waals surface area contributed by atoms with Crippen molar-refractivity contribution >= 4 is 39.1 Å². The Kier molecular flexibility index (Phi) is 7.20. The molecule has 1 aromatic carbocycles. The third kappa shape index (κ3) is 5.80. The second-order valence-corrected chi connectivity index (χ2v) is 5.52. The lowest BCUT2D eigenvalue weighted by Crippen LogP contribution is -2.36. The summed E-state index contributed by atoms with van der Waals surface area (Å²) in [5.74, 6) is 0.0119. The summed E-state index contributed by atoms with van der Waals surface area (Å²) in [4.78, 5) is 11.6. The molecular weight excluding hydrogens is 330 g/mol. The van der Waals surface area contributed by atoms with Gasteiger partial charge in [-0.3, -0.25) is 4.79 Å². The van der Waals surface area contributed by atoms with Crippen molar-refractivity contribution in [1.82, 2.24) is 5.32 Å². The highest BCUT2D eigenvalue weighted by Gasteiger charge is 2.12. The van der Waals surface area contributed by atoms with Crippen LogP contribution in [0.5, 0.6) is 0 Å². The van der Waals surface area contributed by atoms with E-state index in [-0.39, 0.29) is 11.9 Å². The fourth-order valence-electron chi connectivity index (χ4n) is 1.58. The smallest absolute Gasteiger partial charge is 0.222 e. The van der Waals surface area contributed by atoms with E-state index < -0.39 is 0 Å². The Morgan fingerprint density at radius 2 is 2.26 bits per heavy atom. The highest BCUT2D eigenvalue weighted by molar-refractivity contribution is 9.10. The number of amides is 1. The van der Waals surface area contributed by atoms with Gasteiger partial charge in [0, 0.05) is 35.7 Å². The molecule has 0 fully saturated rings. The monoisotopic (exact) mass is 347 g/mol. The van der Waals surface area contributed by atoms with Gasteiger partial charge in [-0.1, -0.05) is 18.5 Å². The molecule has 1 aromatic rings. The van der Waals surface area contributed by atoms with Crippen LogP contribution in [0.15, 0.2) is 22.7 Å². The third-order valence-electron chi connectivity index (χ3n) is 2.58. The van der Waals surface area contributed by atoms with Crippen molar-refractivity contribution in [2.75, 3.05) is 18.4 Å². The predicted molar refractivity (Wildman–Crippen MR) is 83.5 cm³/mol. The van der Waals surface area contributed by atoms with Crippen LogP contribution in [-0.2, 0) is 4.79 Å². The van der Waals surface area contributed by atoms with Gasteiger partial charge in [0.1, 0.15) is 0 Å². The summed E-state index contributed by atoms with van der Waals surface area (Å²) in [5.41, 5.74) is 6.57. The summed E-state index contributed by atoms with van der Waals surface area (Å²) in [6, 6.07) is 5.43. The maximum absolute atomic E-state index is 11.6. The fourth-order valence-corrected chi connectivity index (χ4v) is 2.07. The Balaban J connectivity index is 2.56. The second-order valence-electron chi connectivity index (χ2n) is 4.26. The number of benzene rings is 1. The molecule has 0 aliphatic rings. The highest BCUT2D eigenvalue weighted by Crippen LogP contribution is 2.25. The number of halogens is 2. The van der Waals surface area contributed by atoms with Gasteiger partial charge in [-0.05, 0) is 40.5 Å². The van der Waals surface area contributed by atoms with Crippen LogP contribution in [0.4, 0.5) is 5.69 Å². The van der Waals surface area contributed by atoms with Crippen molar-refractivity contribution in [3.05, 3.63) is 27.7 Å². The minimum atomic E-state index is -0.0927. The van der Waals surface area contributed by atoms with Gasteiger partial charge in [0.25, 0.3) is 0 Å². The Hall–Kier alpha value is -0.780. The van der Waals surface area contributed by atoms with E-state index in [0.29, 0.717) is 24.5 Å². The third-order valence-corrected chi connectivity index (χ3v) is 3.79. The molecule has 19 heavy (non-hydrogen) atoms. The SMILES string of the molecule is CCCNC(=O)CC(CN)Nc1ccc(Cl)c(Br)c1. The minimum absolute atomic E-state index is 0.0119. The minimum Gasteiger partial charge on any atom is -0.380 e. The zero-order chi connectivity index (χ0) is 14.3. The van der Waals surface area contributed by atoms with Gasteiger partial charge in [0.05, 0.1) is 5.02 Å². The van der Waals surface area contributed by atoms with E-state index in [1.54, 1.807) is 6.07 Å². The van der Waals surface area contributed by atoms with Crippen LogP contribution in [0.1, 0.15) is 19.8 Å². The lowest BCUT2D eigenvalue weighted by Gasteiger charge is -2.18. The second kappa shape index (κ2) is 8.40. The lowest BCUT2D eigenvalue weighted by atomic mass is 10.2. The largest absolute Gasteiger partial charge is 0.380 e. The quantitative estimate of drug-likeness (QED) is 0.710. The molecule has 6 heteroatoms. The summed E-state index contributed by atoms with van der Waals surface area (Å²) in [6.45, 7) is 3.10. The van der Waals surface area contributed by atoms with Crippen molar-refractivity contribution in [3.8, 4) is 0 Å². The van der Waals surface area contributed by atoms with E-state index in [9.17, 15) is 4.79 Å². The van der Waals surface area contributed by atoms with Gasteiger partial charge in [0.15, 0.2) is 0 Å². The molecule has 0 bridgehead atoms. The summed E-state index contributed by atoms with van der Waals surface area (Å²) in [5, 5.41) is 6.72. The number of carbonyl (C=O) groups is 1. The maximum atomic E-state index is 11.6. The lowest BCUT2D eigenvalue weighted by molar-refractivity contribution is -0.121. The van der Waals surface area contributed by atoms with Crippen LogP contribution >= 0.6 is 27.5 Å². The number of hydrogen-bond donors (Lipinski definition) is 3. The van der Waals surface area contributed by atoms with Gasteiger partial charge < -0.3 is 16.4 Å². The standard InChI is InChI=1S/C13H19BrClN3O/c1-2-5-17-13(19)7-10(8-16)18-9-3-4-12(15)11(14)6-9/h3-4,6,10,18H,2,5,7-8,16H2,1H3,(H,17,19). The van der Waals surface area contributed by atoms with Gasteiger partial charge >= 0.3 is 0 Å². The number of carbonyl (C=O) groups excluding carboxylic acids is 1. The molecule has 4 nitrogen and oxygen atoms in total. The average molecular weight is 349 g/mol. The van der Waals surface area contributed by atoms with Gasteiger partial charge in [-0.15, -0.1) is 0 Å². The Labute approximate surface area is 127 Å². The van der Waals surface area contributed by atoms with Crippen LogP contribution in [0.2, 0.25) is 5.02 Å². The normalized spacial score (nSPS) is 12.0. The molecule has 4 N–H and O–H groups in total. The van der Waals surface area contributed by atoms with Crippen molar-refractivity contribution in [3.63, 3.8) is 0 Å². The summed E-state index contributed by atoms with van der Waals surface area (Å²) < 4.78 is 0.811. The molecule has 0 radical (unpaired) electrons. The van der Waals surface area contributed by atoms with E-state index in [0.717, 1.165) is 16.6 Å². The first-order valence-corrected chi connectivity index (χ1v) is 7.42. The fraction of sp³-hybridized carbons (Fsp3) is 0.462. The highest BCUT2D eigenvalue weighted by atomic mass is 79.9. The van der Waals surface area contributed by atoms with Gasteiger partial charge in [-0.25, -0.2) is 0 Å². The van der Waals surface area contributed by atoms with E-state index in [1.807, 2.05) is 19.1 Å². The Morgan fingerprint density at radius 1 is 1.53 bits per heavy atom. The molecular formula is C13H19BrClN3O. The van der Waals surface area contributed by atoms with E-state index in [4.69, 9.17) is 17.3 Å². The zero-order valence-corrected chi connectivity index (χ0v) is 13.2. The molecule has 1 atom stereocenters. The molecule has 0 spiro atoms. The summed E-state index contributed by atoms with van der Waals surface area (Å²) >= 11 is 9.29. The van der Waals surface area contributed by atoms with Crippen LogP contribution in [0.25, 0.3) is 0 Å². The van der Waals surface area contributed by atoms with Crippen LogP contribution in [-0.4, -0.2) is 25.0 Å². The van der Waals surface area contributed by atoms with Crippen molar-refractivity contribution in [1.29, 1.82) is 0 Å². The predicted octanol–water partition coefficient (Wildman–Crippen LogP) is 2.76. The number of hydrogen-bond acceptors (Lipinski definition) is 3. The first-order valence-electron chi connectivity index (χ1n) is 6.25. The summed E-state index contributed by atoms with van der Waals surface area (Å²) in [6.07, 6.45) is 1.29. The molecule has 0 heterocycles. The molecule has 0 saturated carbocycles. The van der Waals surface area contributed by atoms with E-state index in [1.165, 1.54) is 0 Å². The molecule has 0 aliphatic carbocycles. The van der Waals surface area contributed by atoms with Crippen LogP contribution < -0.4 is 16.4 Å². The number of nitrogens with one attached hydrogen (secondary N) is 2. The zero-order valence-electron chi connectivity index (χ0n) is 10.9. The van der Waals surface area contributed by atoms with Gasteiger partial charge in [0.2, 0.25) is 5.91 Å². The Morgan fingerprint density at radius 3 is 2.84 bits per heavy atom. The van der Waals surface area contributed by atoms with Crippen LogP contribution in [0, 0.1) is 0 Å². The average Bonchev–Trinajstić information content (AvgIpc) is 2.39. The van der Waals surface area contributed by atoms with Crippen LogP contribution in [0.3, 0.4) is 0 Å². The number of nitrogens with two attached hydrogens (primary N) is 1. The molecule has 0 aliphatic heterocycles. The maximum Gasteiger partial charge on any atom is 0.222 e. The molecule has 106 valence electrons. The molecule has 1 rings (SSSR count). The first kappa shape index (κ1) is 16.3. The molecule has 1 unspecified atom stereocenters. The molecule has 0 saturated heterocycles. The Bertz CT molecular complexity index is 428. The molecule has 0 aromatic heterocycles. The van der Waals surface area contributed by atoms with Crippen molar-refractivity contribution in [2.24, 2.45) is 5.73 Å². The number of anilines is 1. The van der Waals surface area contributed by atoms with E-state index >= 15 is 0 Å². The molecule has 1 amide bonds. The topological polar surface area (TPSA) is 67.2 Å². The first-order chi connectivity index (χ1) is 9.06. The van der Waals surface area contributed by atoms with Crippen molar-refractivity contribution in [2.45, 2.75) is 25.8 Å². The van der Waals surface area contributed by atoms with Crippen molar-refractivity contribution < 1.29 is 4.79 Å². The summed E-state index contributed by atoms with van der Waals surface area (Å²) in [7, 11) is 0.